The second-order valence-corrected chi connectivity index (χ2v) is 7.12. The highest BCUT2D eigenvalue weighted by Gasteiger charge is 2.16. The van der Waals surface area contributed by atoms with Crippen LogP contribution in [0.2, 0.25) is 0 Å². The number of anilines is 1. The first-order chi connectivity index (χ1) is 11.6. The van der Waals surface area contributed by atoms with Crippen molar-refractivity contribution in [1.29, 1.82) is 0 Å². The number of nitrogens with one attached hydrogen (secondary N) is 1. The van der Waals surface area contributed by atoms with Gasteiger partial charge in [0.25, 0.3) is 0 Å². The number of ether oxygens (including phenoxy) is 2. The van der Waals surface area contributed by atoms with Crippen molar-refractivity contribution in [2.75, 3.05) is 18.5 Å². The molecular formula is C19H21NO3S. The summed E-state index contributed by atoms with van der Waals surface area (Å²) in [6, 6.07) is 13.8. The summed E-state index contributed by atoms with van der Waals surface area (Å²) in [5.74, 6) is 2.21. The molecule has 5 heteroatoms. The molecule has 2 aromatic rings. The third-order valence-corrected chi connectivity index (χ3v) is 4.98. The number of amides is 1. The van der Waals surface area contributed by atoms with Crippen LogP contribution >= 0.6 is 11.8 Å². The number of carbonyl (C=O) groups is 1. The van der Waals surface area contributed by atoms with Gasteiger partial charge in [-0.1, -0.05) is 29.8 Å². The number of rotatable bonds is 5. The molecule has 1 unspecified atom stereocenters. The summed E-state index contributed by atoms with van der Waals surface area (Å²) < 4.78 is 11.0. The number of thioether (sulfide) groups is 1. The van der Waals surface area contributed by atoms with Crippen molar-refractivity contribution in [2.45, 2.75) is 24.9 Å². The topological polar surface area (TPSA) is 47.6 Å². The average molecular weight is 343 g/mol. The van der Waals surface area contributed by atoms with E-state index in [1.165, 1.54) is 11.1 Å². The van der Waals surface area contributed by atoms with Crippen molar-refractivity contribution in [3.63, 3.8) is 0 Å². The highest BCUT2D eigenvalue weighted by Crippen LogP contribution is 2.32. The first-order valence-electron chi connectivity index (χ1n) is 7.99. The molecule has 0 spiro atoms. The second kappa shape index (κ2) is 7.62. The molecule has 2 aromatic carbocycles. The van der Waals surface area contributed by atoms with Crippen LogP contribution in [0.5, 0.6) is 11.5 Å². The second-order valence-electron chi connectivity index (χ2n) is 5.79. The molecule has 1 heterocycles. The van der Waals surface area contributed by atoms with E-state index < -0.39 is 0 Å². The lowest BCUT2D eigenvalue weighted by Crippen LogP contribution is -2.23. The fraction of sp³-hybridized carbons (Fsp3) is 0.316. The maximum absolute atomic E-state index is 12.4. The van der Waals surface area contributed by atoms with Crippen molar-refractivity contribution in [2.24, 2.45) is 0 Å². The first kappa shape index (κ1) is 16.7. The van der Waals surface area contributed by atoms with E-state index in [2.05, 4.69) is 30.4 Å². The van der Waals surface area contributed by atoms with E-state index in [0.29, 0.717) is 19.0 Å². The molecule has 1 aliphatic heterocycles. The standard InChI is InChI=1S/C19H21NO3S/c1-13-4-3-5-15(10-13)12-24-14(2)19(21)20-16-6-7-17-18(11-16)23-9-8-22-17/h3-7,10-11,14H,8-9,12H2,1-2H3,(H,20,21). The Labute approximate surface area is 146 Å². The molecule has 4 nitrogen and oxygen atoms in total. The Kier molecular flexibility index (Phi) is 5.30. The van der Waals surface area contributed by atoms with Gasteiger partial charge in [0.05, 0.1) is 5.25 Å². The quantitative estimate of drug-likeness (QED) is 0.890. The Bertz CT molecular complexity index is 732. The number of hydrogen-bond acceptors (Lipinski definition) is 4. The highest BCUT2D eigenvalue weighted by molar-refractivity contribution is 7.99. The van der Waals surface area contributed by atoms with Crippen LogP contribution in [0.15, 0.2) is 42.5 Å². The van der Waals surface area contributed by atoms with Gasteiger partial charge < -0.3 is 14.8 Å². The van der Waals surface area contributed by atoms with Crippen LogP contribution in [-0.2, 0) is 10.5 Å². The van der Waals surface area contributed by atoms with Crippen LogP contribution in [0, 0.1) is 6.92 Å². The van der Waals surface area contributed by atoms with E-state index in [9.17, 15) is 4.79 Å². The van der Waals surface area contributed by atoms with Gasteiger partial charge in [0.1, 0.15) is 13.2 Å². The zero-order valence-electron chi connectivity index (χ0n) is 13.9. The normalized spacial score (nSPS) is 14.1. The maximum Gasteiger partial charge on any atom is 0.237 e. The van der Waals surface area contributed by atoms with E-state index in [-0.39, 0.29) is 11.2 Å². The molecule has 0 radical (unpaired) electrons. The summed E-state index contributed by atoms with van der Waals surface area (Å²) >= 11 is 1.63. The lowest BCUT2D eigenvalue weighted by molar-refractivity contribution is -0.115. The van der Waals surface area contributed by atoms with E-state index in [4.69, 9.17) is 9.47 Å². The first-order valence-corrected chi connectivity index (χ1v) is 9.04. The maximum atomic E-state index is 12.4. The van der Waals surface area contributed by atoms with E-state index in [1.807, 2.05) is 31.2 Å². The minimum absolute atomic E-state index is 0.00988. The fourth-order valence-corrected chi connectivity index (χ4v) is 3.30. The lowest BCUT2D eigenvalue weighted by atomic mass is 10.2. The zero-order chi connectivity index (χ0) is 16.9. The molecule has 3 rings (SSSR count). The van der Waals surface area contributed by atoms with Gasteiger partial charge in [0, 0.05) is 17.5 Å². The Balaban J connectivity index is 1.56. The SMILES string of the molecule is Cc1cccc(CSC(C)C(=O)Nc2ccc3c(c2)OCCO3)c1. The van der Waals surface area contributed by atoms with Crippen LogP contribution in [0.1, 0.15) is 18.1 Å². The monoisotopic (exact) mass is 343 g/mol. The third kappa shape index (κ3) is 4.23. The molecule has 0 aromatic heterocycles. The Morgan fingerprint density at radius 1 is 1.17 bits per heavy atom. The van der Waals surface area contributed by atoms with Gasteiger partial charge in [-0.05, 0) is 31.5 Å². The molecule has 1 amide bonds. The van der Waals surface area contributed by atoms with Gasteiger partial charge in [-0.15, -0.1) is 11.8 Å². The highest BCUT2D eigenvalue weighted by atomic mass is 32.2. The van der Waals surface area contributed by atoms with Crippen LogP contribution in [0.3, 0.4) is 0 Å². The average Bonchev–Trinajstić information content (AvgIpc) is 2.59. The Hall–Kier alpha value is -2.14. The summed E-state index contributed by atoms with van der Waals surface area (Å²) in [4.78, 5) is 12.4. The number of hydrogen-bond donors (Lipinski definition) is 1. The molecule has 126 valence electrons. The molecule has 0 aliphatic carbocycles. The van der Waals surface area contributed by atoms with Crippen LogP contribution < -0.4 is 14.8 Å². The predicted molar refractivity (Wildman–Crippen MR) is 98.0 cm³/mol. The van der Waals surface area contributed by atoms with E-state index in [1.54, 1.807) is 11.8 Å². The molecule has 1 aliphatic rings. The van der Waals surface area contributed by atoms with E-state index in [0.717, 1.165) is 17.2 Å². The number of carbonyl (C=O) groups excluding carboxylic acids is 1. The molecule has 1 atom stereocenters. The van der Waals surface area contributed by atoms with Crippen molar-refractivity contribution in [3.05, 3.63) is 53.6 Å². The van der Waals surface area contributed by atoms with Gasteiger partial charge in [-0.3, -0.25) is 4.79 Å². The van der Waals surface area contributed by atoms with Gasteiger partial charge in [0.2, 0.25) is 5.91 Å². The van der Waals surface area contributed by atoms with Crippen LogP contribution in [-0.4, -0.2) is 24.4 Å². The van der Waals surface area contributed by atoms with Crippen molar-refractivity contribution < 1.29 is 14.3 Å². The molecule has 0 bridgehead atoms. The predicted octanol–water partition coefficient (Wildman–Crippen LogP) is 4.03. The number of benzene rings is 2. The zero-order valence-corrected chi connectivity index (χ0v) is 14.7. The third-order valence-electron chi connectivity index (χ3n) is 3.76. The summed E-state index contributed by atoms with van der Waals surface area (Å²) in [5.41, 5.74) is 3.20. The molecule has 0 saturated carbocycles. The number of fused-ring (bicyclic) bond motifs is 1. The Morgan fingerprint density at radius 3 is 2.75 bits per heavy atom. The minimum atomic E-state index is -0.140. The minimum Gasteiger partial charge on any atom is -0.486 e. The molecule has 0 saturated heterocycles. The van der Waals surface area contributed by atoms with Gasteiger partial charge in [0.15, 0.2) is 11.5 Å². The van der Waals surface area contributed by atoms with E-state index >= 15 is 0 Å². The summed E-state index contributed by atoms with van der Waals surface area (Å²) in [6.07, 6.45) is 0. The van der Waals surface area contributed by atoms with Gasteiger partial charge in [-0.2, -0.15) is 0 Å². The van der Waals surface area contributed by atoms with Crippen LogP contribution in [0.25, 0.3) is 0 Å². The summed E-state index contributed by atoms with van der Waals surface area (Å²) in [7, 11) is 0. The molecule has 24 heavy (non-hydrogen) atoms. The smallest absolute Gasteiger partial charge is 0.237 e. The van der Waals surface area contributed by atoms with Crippen molar-refractivity contribution in [1.82, 2.24) is 0 Å². The largest absolute Gasteiger partial charge is 0.486 e. The molecule has 1 N–H and O–H groups in total. The summed E-state index contributed by atoms with van der Waals surface area (Å²) in [6.45, 7) is 5.10. The van der Waals surface area contributed by atoms with Crippen LogP contribution in [0.4, 0.5) is 5.69 Å². The lowest BCUT2D eigenvalue weighted by Gasteiger charge is -2.19. The van der Waals surface area contributed by atoms with Crippen molar-refractivity contribution in [3.8, 4) is 11.5 Å². The van der Waals surface area contributed by atoms with Gasteiger partial charge >= 0.3 is 0 Å². The number of aryl methyl sites for hydroxylation is 1. The van der Waals surface area contributed by atoms with Crippen molar-refractivity contribution >= 4 is 23.4 Å². The van der Waals surface area contributed by atoms with Gasteiger partial charge in [-0.25, -0.2) is 0 Å². The molecular weight excluding hydrogens is 322 g/mol. The fourth-order valence-electron chi connectivity index (χ4n) is 2.46. The summed E-state index contributed by atoms with van der Waals surface area (Å²) in [5, 5.41) is 2.80. The molecule has 0 fully saturated rings. The Morgan fingerprint density at radius 2 is 1.96 bits per heavy atom.